The molecule has 6 fully saturated rings. The summed E-state index contributed by atoms with van der Waals surface area (Å²) in [4.78, 5) is 139. The highest BCUT2D eigenvalue weighted by Crippen LogP contribution is 2.49. The van der Waals surface area contributed by atoms with Gasteiger partial charge in [0.2, 0.25) is 23.6 Å². The van der Waals surface area contributed by atoms with Crippen molar-refractivity contribution in [3.05, 3.63) is 145 Å². The Morgan fingerprint density at radius 2 is 0.932 bits per heavy atom. The minimum absolute atomic E-state index is 0.00324. The molecule has 2 aliphatic carbocycles. The molecule has 2 saturated carbocycles. The van der Waals surface area contributed by atoms with Crippen molar-refractivity contribution in [3.8, 4) is 22.3 Å². The number of allylic oxidation sites excluding steroid dienone is 2. The molecule has 4 aromatic carbocycles. The van der Waals surface area contributed by atoms with E-state index in [9.17, 15) is 47.9 Å². The van der Waals surface area contributed by atoms with Crippen LogP contribution in [0, 0.1) is 47.3 Å². The molecule has 6 aliphatic heterocycles. The lowest BCUT2D eigenvalue weighted by molar-refractivity contribution is -0.159. The lowest BCUT2D eigenvalue weighted by atomic mass is 9.92. The lowest BCUT2D eigenvalue weighted by Gasteiger charge is -2.32. The van der Waals surface area contributed by atoms with Crippen molar-refractivity contribution in [1.29, 1.82) is 0 Å². The number of hydrogen-bond donors (Lipinski definition) is 3. The fraction of sp³-hybridized carbons (Fsp3) is 0.537. The Bertz CT molecular complexity index is 3760. The van der Waals surface area contributed by atoms with Gasteiger partial charge in [-0.1, -0.05) is 135 Å². The number of ether oxygens (including phenoxy) is 4. The summed E-state index contributed by atoms with van der Waals surface area (Å²) >= 11 is 5.36. The zero-order chi connectivity index (χ0) is 73.8. The summed E-state index contributed by atoms with van der Waals surface area (Å²) in [5.41, 5.74) is 1.77. The molecule has 4 aromatic rings. The van der Waals surface area contributed by atoms with E-state index in [0.29, 0.717) is 56.4 Å². The molecule has 552 valence electrons. The predicted molar refractivity (Wildman–Crippen MR) is 391 cm³/mol. The number of fused-ring (bicyclic) bond motifs is 8. The topological polar surface area (TPSA) is 253 Å². The van der Waals surface area contributed by atoms with Crippen LogP contribution in [0.1, 0.15) is 166 Å². The van der Waals surface area contributed by atoms with E-state index in [1.165, 1.54) is 0 Å². The number of benzene rings is 4. The minimum atomic E-state index is -1.19. The average Bonchev–Trinajstić information content (AvgIpc) is 1.57. The van der Waals surface area contributed by atoms with Gasteiger partial charge in [-0.2, -0.15) is 0 Å². The van der Waals surface area contributed by atoms with E-state index in [4.69, 9.17) is 30.5 Å². The summed E-state index contributed by atoms with van der Waals surface area (Å²) in [6, 6.07) is 33.1. The second-order valence-electron chi connectivity index (χ2n) is 30.8. The maximum absolute atomic E-state index is 14.5. The number of nitrogens with one attached hydrogen (secondary N) is 3. The molecular weight excluding hydrogens is 1330 g/mol. The molecule has 4 saturated heterocycles. The van der Waals surface area contributed by atoms with Crippen LogP contribution in [0.3, 0.4) is 0 Å². The van der Waals surface area contributed by atoms with Gasteiger partial charge in [-0.25, -0.2) is 9.59 Å². The van der Waals surface area contributed by atoms with Gasteiger partial charge in [0.05, 0.1) is 26.1 Å². The number of halogens is 1. The first-order valence-corrected chi connectivity index (χ1v) is 37.5. The van der Waals surface area contributed by atoms with Crippen LogP contribution < -0.4 is 16.0 Å². The fourth-order valence-corrected chi connectivity index (χ4v) is 15.9. The maximum atomic E-state index is 14.5. The number of hydrogen-bond acceptors (Lipinski definition) is 15. The Morgan fingerprint density at radius 1 is 0.505 bits per heavy atom. The summed E-state index contributed by atoms with van der Waals surface area (Å²) in [6.45, 7) is 17.6. The predicted octanol–water partition coefficient (Wildman–Crippen LogP) is 11.6. The number of rotatable bonds is 12. The van der Waals surface area contributed by atoms with Crippen LogP contribution >= 0.6 is 11.6 Å². The summed E-state index contributed by atoms with van der Waals surface area (Å²) < 4.78 is 22.0. The van der Waals surface area contributed by atoms with Crippen LogP contribution in [-0.4, -0.2) is 160 Å². The molecule has 12 atom stereocenters. The molecule has 6 heterocycles. The van der Waals surface area contributed by atoms with Gasteiger partial charge in [0.25, 0.3) is 11.1 Å². The zero-order valence-corrected chi connectivity index (χ0v) is 61.7. The molecule has 103 heavy (non-hydrogen) atoms. The van der Waals surface area contributed by atoms with Gasteiger partial charge in [0, 0.05) is 91.8 Å². The van der Waals surface area contributed by atoms with Crippen LogP contribution in [0.4, 0.5) is 0 Å². The third-order valence-corrected chi connectivity index (χ3v) is 21.2. The number of nitrogens with zero attached hydrogens (tertiary/aromatic N) is 3. The molecule has 12 rings (SSSR count). The summed E-state index contributed by atoms with van der Waals surface area (Å²) in [5.74, 6) is -4.86. The zero-order valence-electron chi connectivity index (χ0n) is 61.0. The van der Waals surface area contributed by atoms with Crippen molar-refractivity contribution in [1.82, 2.24) is 30.7 Å². The third-order valence-electron chi connectivity index (χ3n) is 21.0. The highest BCUT2D eigenvalue weighted by molar-refractivity contribution is 6.67. The second kappa shape index (κ2) is 34.0. The molecule has 0 bridgehead atoms. The van der Waals surface area contributed by atoms with Crippen molar-refractivity contribution in [2.24, 2.45) is 47.3 Å². The number of esters is 4. The Kier molecular flexibility index (Phi) is 25.4. The number of carbonyl (C=O) groups excluding carboxylic acids is 10. The van der Waals surface area contributed by atoms with Crippen LogP contribution in [-0.2, 0) is 57.3 Å². The van der Waals surface area contributed by atoms with E-state index >= 15 is 0 Å². The monoisotopic (exact) mass is 1430 g/mol. The first kappa shape index (κ1) is 77.1. The van der Waals surface area contributed by atoms with Gasteiger partial charge < -0.3 is 49.6 Å². The van der Waals surface area contributed by atoms with E-state index in [-0.39, 0.29) is 98.3 Å². The van der Waals surface area contributed by atoms with Crippen LogP contribution in [0.5, 0.6) is 0 Å². The number of carbonyl (C=O) groups is 10. The summed E-state index contributed by atoms with van der Waals surface area (Å²) in [5, 5.41) is 9.02. The molecule has 21 heteroatoms. The van der Waals surface area contributed by atoms with E-state index in [1.807, 2.05) is 130 Å². The van der Waals surface area contributed by atoms with Gasteiger partial charge >= 0.3 is 23.9 Å². The molecule has 3 N–H and O–H groups in total. The molecule has 0 radical (unpaired) electrons. The normalized spacial score (nSPS) is 28.3. The van der Waals surface area contributed by atoms with E-state index < -0.39 is 81.2 Å². The van der Waals surface area contributed by atoms with Crippen molar-refractivity contribution in [2.75, 3.05) is 52.5 Å². The van der Waals surface area contributed by atoms with E-state index in [2.05, 4.69) is 28.1 Å². The fourth-order valence-electron chi connectivity index (χ4n) is 15.8. The standard InChI is InChI=1S/C41H51N3O7.C28H43N3O6.C13H9ClO/c1-5-50-39(49)41-23-32(41)17-13-8-6-7-10-16-30(22-34(45)51-40(2,3)4)38(48)44-25-31-24-43(26-33(31)35(44)36(46)42-41)37(47)29-20-18-28(19-21-29)27-14-11-9-12-15-27;1-5-36-26(35)28-14-20(28)12-10-8-6-7-9-11-18(13-22(32)37-27(2,3)4)25(34)31-17-19-15-29-16-21(19)23(31)24(33)30-28;14-13(15)12-8-6-11(7-9-12)10-4-2-1-3-5-10/h9,11-15,17-21,30-33,35H,5-8,10,16,22-26H2,1-4H3,(H,42,46);10,12,18-21,23,29H,5-9,11,13-17H2,1-4H3,(H,30,33);1-9H/b17-13-;12-10-;/t30-,31+,32-,33+,35+,41-;18-,19+,20-,21+,23+,28-;/m11./s1. The largest absolute Gasteiger partial charge is 0.464 e. The molecule has 8 aliphatic rings. The van der Waals surface area contributed by atoms with Crippen molar-refractivity contribution in [2.45, 2.75) is 180 Å². The molecule has 20 nitrogen and oxygen atoms in total. The number of amides is 5. The van der Waals surface area contributed by atoms with Gasteiger partial charge in [-0.05, 0) is 171 Å². The quantitative estimate of drug-likeness (QED) is 0.0516. The van der Waals surface area contributed by atoms with Crippen molar-refractivity contribution >= 4 is 70.3 Å². The summed E-state index contributed by atoms with van der Waals surface area (Å²) in [7, 11) is 0. The Hall–Kier alpha value is -8.49. The Labute approximate surface area is 611 Å². The molecule has 0 unspecified atom stereocenters. The Balaban J connectivity index is 0.000000190. The van der Waals surface area contributed by atoms with Crippen molar-refractivity contribution in [3.63, 3.8) is 0 Å². The van der Waals surface area contributed by atoms with Gasteiger partial charge in [-0.15, -0.1) is 0 Å². The first-order valence-electron chi connectivity index (χ1n) is 37.1. The van der Waals surface area contributed by atoms with Crippen molar-refractivity contribution < 1.29 is 66.9 Å². The molecule has 0 spiro atoms. The van der Waals surface area contributed by atoms with E-state index in [0.717, 1.165) is 80.2 Å². The van der Waals surface area contributed by atoms with Gasteiger partial charge in [0.15, 0.2) is 0 Å². The van der Waals surface area contributed by atoms with E-state index in [1.54, 1.807) is 61.5 Å². The second-order valence-corrected chi connectivity index (χ2v) is 31.2. The minimum Gasteiger partial charge on any atom is -0.464 e. The Morgan fingerprint density at radius 3 is 1.37 bits per heavy atom. The molecule has 5 amide bonds. The van der Waals surface area contributed by atoms with Crippen LogP contribution in [0.25, 0.3) is 22.3 Å². The average molecular weight is 1430 g/mol. The van der Waals surface area contributed by atoms with Gasteiger partial charge in [0.1, 0.15) is 34.4 Å². The number of likely N-dealkylation sites (tertiary alicyclic amines) is 1. The van der Waals surface area contributed by atoms with Gasteiger partial charge in [-0.3, -0.25) is 38.4 Å². The smallest absolute Gasteiger partial charge is 0.332 e. The highest BCUT2D eigenvalue weighted by atomic mass is 35.5. The highest BCUT2D eigenvalue weighted by Gasteiger charge is 2.65. The molecular formula is C82H103ClN6O14. The molecule has 0 aromatic heterocycles. The summed E-state index contributed by atoms with van der Waals surface area (Å²) in [6.07, 6.45) is 17.0. The lowest BCUT2D eigenvalue weighted by Crippen LogP contribution is -2.56. The third kappa shape index (κ3) is 19.3. The van der Waals surface area contributed by atoms with Crippen LogP contribution in [0.15, 0.2) is 133 Å². The SMILES string of the molecule is CCOC(=O)[C@@]12C[C@H]1/C=C\CCCCC[C@H](CC(=O)OC(C)(C)C)C(=O)N1C[C@@H]3CN(C(=O)c4ccc(-c5ccccc5)cc4)C[C@@H]3[C@H]1C(=O)N2.CCOC(=O)[C@@]12C[C@H]1/C=C\CCCCC[C@H](CC(=O)OC(C)(C)C)C(=O)N1C[C@@H]3CNC[C@@H]3[C@H]1C(=O)N2.O=C(Cl)c1ccc(-c2ccccc2)cc1. The maximum Gasteiger partial charge on any atom is 0.332 e. The first-order chi connectivity index (χ1) is 49.2. The van der Waals surface area contributed by atoms with Crippen LogP contribution in [0.2, 0.25) is 0 Å².